The number of H-pyrrole nitrogens is 1. The summed E-state index contributed by atoms with van der Waals surface area (Å²) < 4.78 is 41.5. The average Bonchev–Trinajstić information content (AvgIpc) is 3.07. The molecule has 4 rings (SSSR count). The number of nitrogens with zero attached hydrogens (tertiary/aromatic N) is 1. The van der Waals surface area contributed by atoms with Crippen LogP contribution in [0.15, 0.2) is 30.3 Å². The second kappa shape index (κ2) is 8.11. The summed E-state index contributed by atoms with van der Waals surface area (Å²) in [5.41, 5.74) is 1.61. The Bertz CT molecular complexity index is 1070. The van der Waals surface area contributed by atoms with E-state index in [1.807, 2.05) is 12.1 Å². The van der Waals surface area contributed by atoms with Crippen molar-refractivity contribution in [1.29, 1.82) is 0 Å². The Kier molecular flexibility index (Phi) is 5.67. The molecular formula is C20H19ClF3N3O2S. The van der Waals surface area contributed by atoms with Gasteiger partial charge in [0.05, 0.1) is 16.6 Å². The van der Waals surface area contributed by atoms with Crippen molar-refractivity contribution in [3.63, 3.8) is 0 Å². The zero-order chi connectivity index (χ0) is 21.5. The predicted octanol–water partition coefficient (Wildman–Crippen LogP) is 5.59. The summed E-state index contributed by atoms with van der Waals surface area (Å²) >= 11 is 7.26. The van der Waals surface area contributed by atoms with Crippen LogP contribution in [0.5, 0.6) is 5.06 Å². The van der Waals surface area contributed by atoms with E-state index >= 15 is 0 Å². The largest absolute Gasteiger partial charge is 0.475 e. The van der Waals surface area contributed by atoms with Crippen molar-refractivity contribution >= 4 is 39.9 Å². The van der Waals surface area contributed by atoms with Crippen molar-refractivity contribution in [2.24, 2.45) is 5.92 Å². The second-order valence-corrected chi connectivity index (χ2v) is 8.90. The molecule has 2 N–H and O–H groups in total. The monoisotopic (exact) mass is 457 g/mol. The highest BCUT2D eigenvalue weighted by Crippen LogP contribution is 2.49. The van der Waals surface area contributed by atoms with Crippen molar-refractivity contribution in [3.05, 3.63) is 46.1 Å². The maximum atomic E-state index is 12.4. The average molecular weight is 458 g/mol. The summed E-state index contributed by atoms with van der Waals surface area (Å²) in [5, 5.41) is 3.67. The molecule has 160 valence electrons. The van der Waals surface area contributed by atoms with Crippen LogP contribution in [0.3, 0.4) is 0 Å². The molecule has 0 aliphatic heterocycles. The number of imidazole rings is 1. The summed E-state index contributed by atoms with van der Waals surface area (Å²) in [6.45, 7) is 0.465. The van der Waals surface area contributed by atoms with Crippen molar-refractivity contribution < 1.29 is 22.7 Å². The molecule has 3 atom stereocenters. The number of aromatic amines is 1. The normalized spacial score (nSPS) is 19.6. The topological polar surface area (TPSA) is 67.0 Å². The lowest BCUT2D eigenvalue weighted by Crippen LogP contribution is -2.26. The molecule has 2 heterocycles. The van der Waals surface area contributed by atoms with E-state index in [2.05, 4.69) is 15.3 Å². The predicted molar refractivity (Wildman–Crippen MR) is 109 cm³/mol. The number of carbonyl (C=O) groups is 1. The van der Waals surface area contributed by atoms with Crippen molar-refractivity contribution in [2.75, 3.05) is 6.61 Å². The van der Waals surface area contributed by atoms with Gasteiger partial charge >= 0.3 is 6.18 Å². The van der Waals surface area contributed by atoms with Gasteiger partial charge in [-0.2, -0.15) is 13.2 Å². The number of aromatic nitrogens is 2. The first kappa shape index (κ1) is 21.0. The van der Waals surface area contributed by atoms with Crippen LogP contribution in [0, 0.1) is 5.92 Å². The SMILES string of the molecule is C[C@@H](NC(=O)C[C@@H]1C[C@@H]1c1nc2c(Cl)cccc2[nH]1)c1ccc(OCC(F)(F)F)s1. The number of hydrogen-bond acceptors (Lipinski definition) is 4. The van der Waals surface area contributed by atoms with Crippen LogP contribution < -0.4 is 10.1 Å². The summed E-state index contributed by atoms with van der Waals surface area (Å²) in [6.07, 6.45) is -3.15. The molecular weight excluding hydrogens is 439 g/mol. The Morgan fingerprint density at radius 3 is 2.93 bits per heavy atom. The number of carbonyl (C=O) groups excluding carboxylic acids is 1. The molecule has 0 radical (unpaired) electrons. The molecule has 0 spiro atoms. The van der Waals surface area contributed by atoms with Crippen LogP contribution in [0.1, 0.15) is 42.4 Å². The molecule has 30 heavy (non-hydrogen) atoms. The number of ether oxygens (including phenoxy) is 1. The number of thiophene rings is 1. The fourth-order valence-electron chi connectivity index (χ4n) is 3.41. The minimum absolute atomic E-state index is 0.102. The summed E-state index contributed by atoms with van der Waals surface area (Å²) in [4.78, 5) is 21.0. The minimum atomic E-state index is -4.38. The number of rotatable bonds is 7. The Balaban J connectivity index is 1.29. The van der Waals surface area contributed by atoms with Crippen molar-refractivity contribution in [1.82, 2.24) is 15.3 Å². The van der Waals surface area contributed by atoms with E-state index in [9.17, 15) is 18.0 Å². The van der Waals surface area contributed by atoms with Gasteiger partial charge in [0.25, 0.3) is 0 Å². The lowest BCUT2D eigenvalue weighted by molar-refractivity contribution is -0.152. The highest BCUT2D eigenvalue weighted by molar-refractivity contribution is 7.13. The van der Waals surface area contributed by atoms with Gasteiger partial charge in [0, 0.05) is 17.2 Å². The number of hydrogen-bond donors (Lipinski definition) is 2. The number of halogens is 4. The van der Waals surface area contributed by atoms with Gasteiger partial charge in [-0.25, -0.2) is 4.98 Å². The first-order valence-electron chi connectivity index (χ1n) is 9.42. The Hall–Kier alpha value is -2.26. The molecule has 1 aromatic carbocycles. The summed E-state index contributed by atoms with van der Waals surface area (Å²) in [7, 11) is 0. The zero-order valence-electron chi connectivity index (χ0n) is 15.9. The first-order valence-corrected chi connectivity index (χ1v) is 10.6. The zero-order valence-corrected chi connectivity index (χ0v) is 17.5. The highest BCUT2D eigenvalue weighted by atomic mass is 35.5. The van der Waals surface area contributed by atoms with E-state index < -0.39 is 12.8 Å². The van der Waals surface area contributed by atoms with Crippen LogP contribution in [-0.2, 0) is 4.79 Å². The Morgan fingerprint density at radius 2 is 2.20 bits per heavy atom. The molecule has 0 unspecified atom stereocenters. The molecule has 1 saturated carbocycles. The molecule has 1 fully saturated rings. The molecule has 3 aromatic rings. The molecule has 0 saturated heterocycles. The third-order valence-corrected chi connectivity index (χ3v) is 6.47. The van der Waals surface area contributed by atoms with E-state index in [-0.39, 0.29) is 28.8 Å². The maximum absolute atomic E-state index is 12.4. The first-order chi connectivity index (χ1) is 14.2. The summed E-state index contributed by atoms with van der Waals surface area (Å²) in [5.74, 6) is 1.13. The third-order valence-electron chi connectivity index (χ3n) is 4.99. The molecule has 1 amide bonds. The lowest BCUT2D eigenvalue weighted by atomic mass is 10.2. The smallest absolute Gasteiger partial charge is 0.422 e. The standard InChI is InChI=1S/C20H19ClF3N3O2S/c1-10(15-5-6-17(30-15)29-9-20(22,23)24)25-16(28)8-11-7-12(11)19-26-14-4-2-3-13(21)18(14)27-19/h2-6,10-12H,7-9H2,1H3,(H,25,28)(H,26,27)/t10-,11+,12+/m1/s1. The van der Waals surface area contributed by atoms with Crippen molar-refractivity contribution in [2.45, 2.75) is 37.9 Å². The van der Waals surface area contributed by atoms with Gasteiger partial charge in [0.15, 0.2) is 11.7 Å². The van der Waals surface area contributed by atoms with E-state index in [0.717, 1.165) is 39.5 Å². The quantitative estimate of drug-likeness (QED) is 0.486. The van der Waals surface area contributed by atoms with E-state index in [4.69, 9.17) is 16.3 Å². The van der Waals surface area contributed by atoms with Crippen LogP contribution >= 0.6 is 22.9 Å². The van der Waals surface area contributed by atoms with Crippen LogP contribution in [-0.4, -0.2) is 28.7 Å². The molecule has 1 aliphatic carbocycles. The molecule has 2 aromatic heterocycles. The highest BCUT2D eigenvalue weighted by Gasteiger charge is 2.42. The Morgan fingerprint density at radius 1 is 1.40 bits per heavy atom. The van der Waals surface area contributed by atoms with E-state index in [1.54, 1.807) is 19.1 Å². The van der Waals surface area contributed by atoms with Gasteiger partial charge in [-0.3, -0.25) is 4.79 Å². The van der Waals surface area contributed by atoms with E-state index in [1.165, 1.54) is 6.07 Å². The van der Waals surface area contributed by atoms with Gasteiger partial charge in [0.1, 0.15) is 11.3 Å². The fraction of sp³-hybridized carbons (Fsp3) is 0.400. The lowest BCUT2D eigenvalue weighted by Gasteiger charge is -2.12. The maximum Gasteiger partial charge on any atom is 0.422 e. The van der Waals surface area contributed by atoms with Crippen molar-refractivity contribution in [3.8, 4) is 5.06 Å². The number of fused-ring (bicyclic) bond motifs is 1. The van der Waals surface area contributed by atoms with E-state index in [0.29, 0.717) is 11.4 Å². The van der Waals surface area contributed by atoms with Gasteiger partial charge in [-0.05, 0) is 43.5 Å². The summed E-state index contributed by atoms with van der Waals surface area (Å²) in [6, 6.07) is 8.40. The van der Waals surface area contributed by atoms with Crippen LogP contribution in [0.25, 0.3) is 11.0 Å². The molecule has 10 heteroatoms. The molecule has 1 aliphatic rings. The number of alkyl halides is 3. The fourth-order valence-corrected chi connectivity index (χ4v) is 4.48. The van der Waals surface area contributed by atoms with Crippen LogP contribution in [0.4, 0.5) is 13.2 Å². The number of nitrogens with one attached hydrogen (secondary N) is 2. The van der Waals surface area contributed by atoms with Gasteiger partial charge in [0.2, 0.25) is 5.91 Å². The van der Waals surface area contributed by atoms with Gasteiger partial charge < -0.3 is 15.0 Å². The van der Waals surface area contributed by atoms with Gasteiger partial charge in [-0.1, -0.05) is 17.7 Å². The number of para-hydroxylation sites is 1. The van der Waals surface area contributed by atoms with Crippen LogP contribution in [0.2, 0.25) is 5.02 Å². The van der Waals surface area contributed by atoms with Gasteiger partial charge in [-0.15, -0.1) is 11.3 Å². The third kappa shape index (κ3) is 4.89. The minimum Gasteiger partial charge on any atom is -0.475 e. The molecule has 5 nitrogen and oxygen atoms in total. The Labute approximate surface area is 179 Å². The second-order valence-electron chi connectivity index (χ2n) is 7.41. The molecule has 0 bridgehead atoms. The number of amides is 1. The number of benzene rings is 1.